The molecule has 0 aromatic heterocycles. The van der Waals surface area contributed by atoms with E-state index < -0.39 is 5.60 Å². The van der Waals surface area contributed by atoms with Gasteiger partial charge >= 0.3 is 0 Å². The summed E-state index contributed by atoms with van der Waals surface area (Å²) in [5, 5.41) is 15.6. The molecule has 3 rings (SSSR count). The van der Waals surface area contributed by atoms with Gasteiger partial charge in [-0.1, -0.05) is 69.0 Å². The van der Waals surface area contributed by atoms with Crippen molar-refractivity contribution in [2.45, 2.75) is 76.7 Å². The lowest BCUT2D eigenvalue weighted by Gasteiger charge is -2.38. The van der Waals surface area contributed by atoms with Crippen LogP contribution in [0.2, 0.25) is 0 Å². The van der Waals surface area contributed by atoms with Gasteiger partial charge in [-0.15, -0.1) is 0 Å². The molecular weight excluding hydrogens is 438 g/mol. The SMILES string of the molecule is CCCC[C@H](CNC(=O)C1CCCC1)[C@@](O)(CCCCOC)c1ccccc1Oc1ccccc1. The number of ether oxygens (including phenoxy) is 2. The number of carbonyl (C=O) groups is 1. The Hall–Kier alpha value is -2.37. The lowest BCUT2D eigenvalue weighted by Crippen LogP contribution is -2.44. The van der Waals surface area contributed by atoms with E-state index in [1.807, 2.05) is 54.6 Å². The van der Waals surface area contributed by atoms with E-state index in [-0.39, 0.29) is 17.7 Å². The van der Waals surface area contributed by atoms with Gasteiger partial charge in [-0.3, -0.25) is 4.79 Å². The molecule has 0 bridgehead atoms. The third-order valence-corrected chi connectivity index (χ3v) is 7.31. The molecule has 5 heteroatoms. The van der Waals surface area contributed by atoms with Gasteiger partial charge in [0, 0.05) is 37.7 Å². The number of nitrogens with one attached hydrogen (secondary N) is 1. The molecule has 2 aromatic carbocycles. The van der Waals surface area contributed by atoms with Gasteiger partial charge in [0.25, 0.3) is 0 Å². The van der Waals surface area contributed by atoms with E-state index in [2.05, 4.69) is 12.2 Å². The maximum atomic E-state index is 12.9. The molecule has 2 atom stereocenters. The van der Waals surface area contributed by atoms with Crippen molar-refractivity contribution in [2.75, 3.05) is 20.3 Å². The summed E-state index contributed by atoms with van der Waals surface area (Å²) in [6.07, 6.45) is 9.35. The summed E-state index contributed by atoms with van der Waals surface area (Å²) in [6.45, 7) is 3.30. The van der Waals surface area contributed by atoms with Crippen molar-refractivity contribution in [2.24, 2.45) is 11.8 Å². The van der Waals surface area contributed by atoms with Crippen LogP contribution in [0.1, 0.15) is 76.7 Å². The molecule has 35 heavy (non-hydrogen) atoms. The van der Waals surface area contributed by atoms with Gasteiger partial charge < -0.3 is 19.9 Å². The van der Waals surface area contributed by atoms with Crippen LogP contribution in [0.5, 0.6) is 11.5 Å². The number of para-hydroxylation sites is 2. The van der Waals surface area contributed by atoms with Crippen molar-refractivity contribution in [1.82, 2.24) is 5.32 Å². The molecule has 0 heterocycles. The van der Waals surface area contributed by atoms with Crippen LogP contribution in [-0.4, -0.2) is 31.3 Å². The molecule has 5 nitrogen and oxygen atoms in total. The number of methoxy groups -OCH3 is 1. The number of hydrogen-bond donors (Lipinski definition) is 2. The predicted octanol–water partition coefficient (Wildman–Crippen LogP) is 6.60. The number of amides is 1. The van der Waals surface area contributed by atoms with Crippen LogP contribution in [0.4, 0.5) is 0 Å². The van der Waals surface area contributed by atoms with Gasteiger partial charge in [0.05, 0.1) is 5.60 Å². The highest BCUT2D eigenvalue weighted by atomic mass is 16.5. The summed E-state index contributed by atoms with van der Waals surface area (Å²) in [4.78, 5) is 12.9. The highest BCUT2D eigenvalue weighted by Gasteiger charge is 2.40. The summed E-state index contributed by atoms with van der Waals surface area (Å²) in [7, 11) is 1.71. The number of hydrogen-bond acceptors (Lipinski definition) is 4. The molecule has 1 aliphatic rings. The monoisotopic (exact) mass is 481 g/mol. The van der Waals surface area contributed by atoms with E-state index in [9.17, 15) is 9.90 Å². The molecule has 1 amide bonds. The minimum Gasteiger partial charge on any atom is -0.457 e. The second-order valence-electron chi connectivity index (χ2n) is 9.85. The standard InChI is InChI=1S/C30H43NO4/c1-3-4-16-25(23-31-29(32)24-14-8-9-15-24)30(33,21-12-13-22-34-2)27-19-10-11-20-28(27)35-26-17-6-5-7-18-26/h5-7,10-11,17-20,24-25,33H,3-4,8-9,12-16,21-23H2,1-2H3,(H,31,32)/t25-,30+/m1/s1. The summed E-state index contributed by atoms with van der Waals surface area (Å²) < 4.78 is 11.5. The Morgan fingerprint density at radius 1 is 1.06 bits per heavy atom. The second kappa shape index (κ2) is 14.3. The van der Waals surface area contributed by atoms with Gasteiger partial charge in [0.15, 0.2) is 0 Å². The minimum atomic E-state index is -1.13. The van der Waals surface area contributed by atoms with E-state index in [1.165, 1.54) is 0 Å². The zero-order valence-electron chi connectivity index (χ0n) is 21.5. The molecule has 192 valence electrons. The van der Waals surface area contributed by atoms with Crippen molar-refractivity contribution in [3.8, 4) is 11.5 Å². The van der Waals surface area contributed by atoms with Crippen LogP contribution in [0.25, 0.3) is 0 Å². The molecular formula is C30H43NO4. The minimum absolute atomic E-state index is 0.115. The van der Waals surface area contributed by atoms with E-state index in [0.29, 0.717) is 25.3 Å². The van der Waals surface area contributed by atoms with Crippen LogP contribution in [0.15, 0.2) is 54.6 Å². The Labute approximate surface area is 211 Å². The Bertz CT molecular complexity index is 881. The fourth-order valence-corrected chi connectivity index (χ4v) is 5.24. The van der Waals surface area contributed by atoms with Crippen molar-refractivity contribution in [1.29, 1.82) is 0 Å². The van der Waals surface area contributed by atoms with Gasteiger partial charge in [-0.2, -0.15) is 0 Å². The van der Waals surface area contributed by atoms with E-state index >= 15 is 0 Å². The fraction of sp³-hybridized carbons (Fsp3) is 0.567. The van der Waals surface area contributed by atoms with E-state index in [4.69, 9.17) is 9.47 Å². The van der Waals surface area contributed by atoms with Gasteiger partial charge in [0.1, 0.15) is 11.5 Å². The highest BCUT2D eigenvalue weighted by Crippen LogP contribution is 2.43. The Morgan fingerprint density at radius 3 is 2.49 bits per heavy atom. The molecule has 0 radical (unpaired) electrons. The van der Waals surface area contributed by atoms with Crippen LogP contribution in [0, 0.1) is 11.8 Å². The third-order valence-electron chi connectivity index (χ3n) is 7.31. The molecule has 1 aliphatic carbocycles. The first-order valence-corrected chi connectivity index (χ1v) is 13.4. The van der Waals surface area contributed by atoms with Gasteiger partial charge in [-0.05, 0) is 56.7 Å². The summed E-state index contributed by atoms with van der Waals surface area (Å²) in [6, 6.07) is 17.5. The average molecular weight is 482 g/mol. The smallest absolute Gasteiger partial charge is 0.223 e. The van der Waals surface area contributed by atoms with Crippen molar-refractivity contribution in [3.63, 3.8) is 0 Å². The zero-order valence-corrected chi connectivity index (χ0v) is 21.5. The maximum absolute atomic E-state index is 12.9. The molecule has 2 aromatic rings. The largest absolute Gasteiger partial charge is 0.457 e. The first kappa shape index (κ1) is 27.2. The lowest BCUT2D eigenvalue weighted by atomic mass is 9.74. The van der Waals surface area contributed by atoms with Crippen molar-refractivity contribution >= 4 is 5.91 Å². The first-order chi connectivity index (χ1) is 17.1. The fourth-order valence-electron chi connectivity index (χ4n) is 5.24. The van der Waals surface area contributed by atoms with Gasteiger partial charge in [-0.25, -0.2) is 0 Å². The van der Waals surface area contributed by atoms with Crippen LogP contribution in [-0.2, 0) is 15.1 Å². The normalized spacial score (nSPS) is 16.5. The van der Waals surface area contributed by atoms with Crippen LogP contribution >= 0.6 is 0 Å². The van der Waals surface area contributed by atoms with Crippen molar-refractivity contribution < 1.29 is 19.4 Å². The molecule has 1 saturated carbocycles. The molecule has 0 unspecified atom stereocenters. The quantitative estimate of drug-likeness (QED) is 0.281. The Balaban J connectivity index is 1.89. The zero-order chi connectivity index (χ0) is 24.9. The molecule has 2 N–H and O–H groups in total. The topological polar surface area (TPSA) is 67.8 Å². The number of rotatable bonds is 15. The molecule has 0 aliphatic heterocycles. The summed E-state index contributed by atoms with van der Waals surface area (Å²) in [5.74, 6) is 1.54. The summed E-state index contributed by atoms with van der Waals surface area (Å²) in [5.41, 5.74) is -0.338. The summed E-state index contributed by atoms with van der Waals surface area (Å²) >= 11 is 0. The van der Waals surface area contributed by atoms with E-state index in [0.717, 1.165) is 69.1 Å². The number of carbonyl (C=O) groups excluding carboxylic acids is 1. The van der Waals surface area contributed by atoms with E-state index in [1.54, 1.807) is 7.11 Å². The Kier molecular flexibility index (Phi) is 11.1. The number of benzene rings is 2. The third kappa shape index (κ3) is 7.81. The van der Waals surface area contributed by atoms with Gasteiger partial charge in [0.2, 0.25) is 5.91 Å². The molecule has 0 spiro atoms. The second-order valence-corrected chi connectivity index (χ2v) is 9.85. The van der Waals surface area contributed by atoms with Crippen LogP contribution < -0.4 is 10.1 Å². The highest BCUT2D eigenvalue weighted by molar-refractivity contribution is 5.78. The van der Waals surface area contributed by atoms with Crippen LogP contribution in [0.3, 0.4) is 0 Å². The predicted molar refractivity (Wildman–Crippen MR) is 141 cm³/mol. The average Bonchev–Trinajstić information content (AvgIpc) is 3.43. The lowest BCUT2D eigenvalue weighted by molar-refractivity contribution is -0.125. The number of aliphatic hydroxyl groups is 1. The van der Waals surface area contributed by atoms with Crippen molar-refractivity contribution in [3.05, 3.63) is 60.2 Å². The molecule has 0 saturated heterocycles. The Morgan fingerprint density at radius 2 is 1.77 bits per heavy atom. The molecule has 1 fully saturated rings. The first-order valence-electron chi connectivity index (χ1n) is 13.4. The maximum Gasteiger partial charge on any atom is 0.223 e. The number of unbranched alkanes of at least 4 members (excludes halogenated alkanes) is 2.